The third-order valence-electron chi connectivity index (χ3n) is 5.11. The molecule has 4 fully saturated rings. The lowest BCUT2D eigenvalue weighted by Gasteiger charge is -2.59. The maximum Gasteiger partial charge on any atom is 0.403 e. The summed E-state index contributed by atoms with van der Waals surface area (Å²) in [4.78, 5) is 11.3. The summed E-state index contributed by atoms with van der Waals surface area (Å²) >= 11 is -3.83. The highest BCUT2D eigenvalue weighted by molar-refractivity contribution is 7.81. The van der Waals surface area contributed by atoms with Gasteiger partial charge in [-0.3, -0.25) is 4.21 Å². The molecule has 4 bridgehead atoms. The molecule has 21 heavy (non-hydrogen) atoms. The van der Waals surface area contributed by atoms with Crippen LogP contribution in [-0.4, -0.2) is 37.3 Å². The van der Waals surface area contributed by atoms with E-state index in [1.807, 2.05) is 0 Å². The van der Waals surface area contributed by atoms with Gasteiger partial charge in [-0.15, -0.1) is 0 Å². The number of alkyl halides is 2. The number of hydrogen-bond donors (Lipinski definition) is 1. The van der Waals surface area contributed by atoms with Crippen molar-refractivity contribution in [2.24, 2.45) is 17.3 Å². The van der Waals surface area contributed by atoms with E-state index < -0.39 is 33.3 Å². The molecule has 3 atom stereocenters. The molecule has 0 radical (unpaired) electrons. The molecule has 0 heterocycles. The minimum atomic E-state index is -4.51. The molecule has 0 spiro atoms. The first-order valence-corrected chi connectivity index (χ1v) is 8.09. The third kappa shape index (κ3) is 2.61. The fraction of sp³-hybridized carbons (Fsp3) is 0.923. The van der Waals surface area contributed by atoms with E-state index in [9.17, 15) is 27.4 Å². The van der Waals surface area contributed by atoms with Crippen LogP contribution in [0.3, 0.4) is 0 Å². The van der Waals surface area contributed by atoms with Crippen molar-refractivity contribution in [1.29, 1.82) is 0 Å². The van der Waals surface area contributed by atoms with Gasteiger partial charge in [-0.05, 0) is 50.4 Å². The van der Waals surface area contributed by atoms with Crippen LogP contribution in [-0.2, 0) is 20.6 Å². The first-order chi connectivity index (χ1) is 9.64. The molecule has 0 aromatic carbocycles. The van der Waals surface area contributed by atoms with E-state index >= 15 is 0 Å². The zero-order valence-corrected chi connectivity index (χ0v) is 12.2. The van der Waals surface area contributed by atoms with Crippen LogP contribution in [0, 0.1) is 17.3 Å². The topological polar surface area (TPSA) is 86.7 Å². The molecule has 8 heteroatoms. The predicted octanol–water partition coefficient (Wildman–Crippen LogP) is 1.33. The summed E-state index contributed by atoms with van der Waals surface area (Å²) in [5.74, 6) is -1.35. The van der Waals surface area contributed by atoms with Crippen LogP contribution in [0.5, 0.6) is 0 Å². The van der Waals surface area contributed by atoms with Crippen molar-refractivity contribution in [1.82, 2.24) is 0 Å². The van der Waals surface area contributed by atoms with Gasteiger partial charge in [0.15, 0.2) is 0 Å². The molecule has 4 aliphatic rings. The Hall–Kier alpha value is -0.600. The Labute approximate surface area is 123 Å². The molecular weight excluding hydrogens is 306 g/mol. The molecule has 3 unspecified atom stereocenters. The lowest BCUT2D eigenvalue weighted by atomic mass is 9.48. The third-order valence-corrected chi connectivity index (χ3v) is 5.69. The van der Waals surface area contributed by atoms with E-state index in [2.05, 4.69) is 4.74 Å². The summed E-state index contributed by atoms with van der Waals surface area (Å²) in [6.45, 7) is -0.242. The van der Waals surface area contributed by atoms with Crippen molar-refractivity contribution < 1.29 is 32.2 Å². The standard InChI is InChI=1S/C13H18F2O5S/c14-13(15,21(18)19)10(16)20-7-11-2-8-1-9(3-11)5-12(17,4-8)6-11/h8-9,17H,1-7H2,(H,18,19)/p-1. The van der Waals surface area contributed by atoms with Crippen molar-refractivity contribution in [2.45, 2.75) is 49.4 Å². The van der Waals surface area contributed by atoms with Gasteiger partial charge in [0, 0.05) is 16.5 Å². The molecule has 0 saturated heterocycles. The van der Waals surface area contributed by atoms with Crippen molar-refractivity contribution >= 4 is 17.0 Å². The highest BCUT2D eigenvalue weighted by Crippen LogP contribution is 2.61. The van der Waals surface area contributed by atoms with E-state index in [0.29, 0.717) is 18.3 Å². The van der Waals surface area contributed by atoms with Gasteiger partial charge < -0.3 is 14.4 Å². The number of esters is 1. The Bertz CT molecular complexity index is 481. The van der Waals surface area contributed by atoms with Gasteiger partial charge in [0.2, 0.25) is 0 Å². The van der Waals surface area contributed by atoms with Crippen LogP contribution < -0.4 is 0 Å². The van der Waals surface area contributed by atoms with E-state index in [4.69, 9.17) is 0 Å². The number of ether oxygens (including phenoxy) is 1. The summed E-state index contributed by atoms with van der Waals surface area (Å²) in [5, 5.41) is 5.98. The van der Waals surface area contributed by atoms with Crippen LogP contribution in [0.2, 0.25) is 0 Å². The zero-order valence-electron chi connectivity index (χ0n) is 11.3. The van der Waals surface area contributed by atoms with Crippen LogP contribution in [0.1, 0.15) is 38.5 Å². The molecule has 120 valence electrons. The van der Waals surface area contributed by atoms with Gasteiger partial charge in [0.1, 0.15) is 0 Å². The highest BCUT2D eigenvalue weighted by Gasteiger charge is 2.58. The van der Waals surface area contributed by atoms with Gasteiger partial charge in [-0.2, -0.15) is 8.78 Å². The quantitative estimate of drug-likeness (QED) is 0.623. The Morgan fingerprint density at radius 1 is 1.33 bits per heavy atom. The van der Waals surface area contributed by atoms with Gasteiger partial charge in [-0.1, -0.05) is 0 Å². The molecule has 4 saturated carbocycles. The monoisotopic (exact) mass is 323 g/mol. The molecular formula is C13H17F2O5S-. The van der Waals surface area contributed by atoms with E-state index in [1.54, 1.807) is 0 Å². The smallest absolute Gasteiger partial charge is 0.403 e. The lowest BCUT2D eigenvalue weighted by molar-refractivity contribution is -0.193. The molecule has 4 aliphatic carbocycles. The Balaban J connectivity index is 1.68. The number of carbonyl (C=O) groups is 1. The van der Waals surface area contributed by atoms with E-state index in [-0.39, 0.29) is 6.61 Å². The van der Waals surface area contributed by atoms with Crippen molar-refractivity contribution in [2.75, 3.05) is 6.61 Å². The Morgan fingerprint density at radius 3 is 2.38 bits per heavy atom. The summed E-state index contributed by atoms with van der Waals surface area (Å²) in [7, 11) is 0. The average molecular weight is 323 g/mol. The van der Waals surface area contributed by atoms with Gasteiger partial charge in [0.05, 0.1) is 12.2 Å². The Morgan fingerprint density at radius 2 is 1.90 bits per heavy atom. The molecule has 5 nitrogen and oxygen atoms in total. The fourth-order valence-electron chi connectivity index (χ4n) is 4.94. The molecule has 0 amide bonds. The summed E-state index contributed by atoms with van der Waals surface area (Å²) in [6.07, 6.45) is 4.39. The first-order valence-electron chi connectivity index (χ1n) is 7.01. The zero-order chi connectivity index (χ0) is 15.5. The largest absolute Gasteiger partial charge is 0.767 e. The highest BCUT2D eigenvalue weighted by atomic mass is 32.2. The molecule has 4 rings (SSSR count). The van der Waals surface area contributed by atoms with Crippen molar-refractivity contribution in [3.63, 3.8) is 0 Å². The fourth-order valence-corrected chi connectivity index (χ4v) is 5.14. The second-order valence-electron chi connectivity index (χ2n) is 7.01. The van der Waals surface area contributed by atoms with Gasteiger partial charge >= 0.3 is 11.2 Å². The van der Waals surface area contributed by atoms with Crippen LogP contribution in [0.4, 0.5) is 8.78 Å². The minimum Gasteiger partial charge on any atom is -0.767 e. The van der Waals surface area contributed by atoms with Gasteiger partial charge in [-0.25, -0.2) is 4.79 Å². The molecule has 0 aliphatic heterocycles. The number of aliphatic hydroxyl groups is 1. The SMILES string of the molecule is O=C(OCC12CC3CC(CC(O)(C3)C1)C2)C(F)(F)S(=O)[O-]. The normalized spacial score (nSPS) is 42.9. The van der Waals surface area contributed by atoms with E-state index in [0.717, 1.165) is 32.1 Å². The first kappa shape index (κ1) is 15.3. The maximum absolute atomic E-state index is 13.0. The summed E-state index contributed by atoms with van der Waals surface area (Å²) in [6, 6.07) is 0. The molecule has 1 N–H and O–H groups in total. The van der Waals surface area contributed by atoms with Crippen LogP contribution in [0.15, 0.2) is 0 Å². The second-order valence-corrected chi connectivity index (χ2v) is 8.00. The average Bonchev–Trinajstić information content (AvgIpc) is 2.32. The molecule has 0 aromatic rings. The number of rotatable bonds is 4. The van der Waals surface area contributed by atoms with Crippen LogP contribution >= 0.6 is 0 Å². The second kappa shape index (κ2) is 4.70. The van der Waals surface area contributed by atoms with Gasteiger partial charge in [0.25, 0.3) is 0 Å². The summed E-state index contributed by atoms with van der Waals surface area (Å²) < 4.78 is 51.4. The number of carbonyl (C=O) groups excluding carboxylic acids is 1. The molecule has 0 aromatic heterocycles. The Kier molecular flexibility index (Phi) is 3.42. The number of hydrogen-bond acceptors (Lipinski definition) is 5. The van der Waals surface area contributed by atoms with Crippen molar-refractivity contribution in [3.05, 3.63) is 0 Å². The predicted molar refractivity (Wildman–Crippen MR) is 66.9 cm³/mol. The van der Waals surface area contributed by atoms with Crippen LogP contribution in [0.25, 0.3) is 0 Å². The van der Waals surface area contributed by atoms with Crippen molar-refractivity contribution in [3.8, 4) is 0 Å². The maximum atomic E-state index is 13.0. The summed E-state index contributed by atoms with van der Waals surface area (Å²) in [5.41, 5.74) is -1.25. The lowest BCUT2D eigenvalue weighted by Crippen LogP contribution is -2.57. The number of halogens is 2. The van der Waals surface area contributed by atoms with E-state index in [1.165, 1.54) is 0 Å². The minimum absolute atomic E-state index is 0.242.